The van der Waals surface area contributed by atoms with Crippen molar-refractivity contribution in [2.45, 2.75) is 37.4 Å². The summed E-state index contributed by atoms with van der Waals surface area (Å²) in [6, 6.07) is 9.71. The summed E-state index contributed by atoms with van der Waals surface area (Å²) in [5.41, 5.74) is -4.69. The van der Waals surface area contributed by atoms with Gasteiger partial charge >= 0.3 is 0 Å². The number of nitrogens with zero attached hydrogens (tertiary/aromatic N) is 3. The lowest BCUT2D eigenvalue weighted by Gasteiger charge is -2.36. The van der Waals surface area contributed by atoms with Gasteiger partial charge in [0.15, 0.2) is 17.5 Å². The zero-order valence-corrected chi connectivity index (χ0v) is 22.2. The highest BCUT2D eigenvalue weighted by molar-refractivity contribution is 5.84. The van der Waals surface area contributed by atoms with Gasteiger partial charge in [0.2, 0.25) is 0 Å². The fourth-order valence-electron chi connectivity index (χ4n) is 5.46. The quantitative estimate of drug-likeness (QED) is 0.217. The Balaban J connectivity index is 1.50. The Labute approximate surface area is 268 Å². The predicted octanol–water partition coefficient (Wildman–Crippen LogP) is 9.77. The van der Waals surface area contributed by atoms with E-state index in [0.29, 0.717) is 11.1 Å². The van der Waals surface area contributed by atoms with E-state index in [-0.39, 0.29) is 47.9 Å². The second kappa shape index (κ2) is 10.2. The molecule has 1 fully saturated rings. The summed E-state index contributed by atoms with van der Waals surface area (Å²) in [7, 11) is 0. The fraction of sp³-hybridized carbons (Fsp3) is 0.154. The largest absolute Gasteiger partial charge is 0.208 e. The van der Waals surface area contributed by atoms with Crippen LogP contribution in [0.5, 0.6) is 0 Å². The minimum absolute atomic E-state index is 0.0638. The lowest BCUT2D eigenvalue weighted by Crippen LogP contribution is -2.28. The normalized spacial score (nSPS) is 22.3. The molecule has 0 amide bonds. The van der Waals surface area contributed by atoms with Crippen molar-refractivity contribution in [1.29, 1.82) is 0 Å². The molecule has 1 spiro atoms. The van der Waals surface area contributed by atoms with Crippen LogP contribution in [0, 0.1) is 0 Å². The first-order valence-electron chi connectivity index (χ1n) is 21.1. The summed E-state index contributed by atoms with van der Waals surface area (Å²) in [4.78, 5) is 13.8. The highest BCUT2D eigenvalue weighted by Crippen LogP contribution is 2.56. The van der Waals surface area contributed by atoms with Crippen molar-refractivity contribution in [2.75, 3.05) is 0 Å². The Hall–Kier alpha value is -4.89. The summed E-state index contributed by atoms with van der Waals surface area (Å²) >= 11 is 0. The number of hydrogen-bond acceptors (Lipinski definition) is 3. The van der Waals surface area contributed by atoms with Gasteiger partial charge < -0.3 is 0 Å². The number of rotatable bonds is 4. The minimum atomic E-state index is -2.60. The summed E-state index contributed by atoms with van der Waals surface area (Å²) in [6.07, 6.45) is -5.68. The zero-order chi connectivity index (χ0) is 41.1. The standard InChI is InChI=1S/C39H31N3/c1-4-13-27(14-5-1)36-40-37(28-15-6-2-7-16-28)42-38(41-36)31-18-12-17-29(25-31)30-21-22-33-32-19-8-9-20-34(32)39(35(33)26-30)23-10-3-11-24-39/h1-2,4-9,12-22,25-26H,3,10-11,23-24H2/i8D,9D,12D,17D,18D,19D,20D,21D,22D,23D2,24D2,25D,26D. The van der Waals surface area contributed by atoms with Gasteiger partial charge in [0.25, 0.3) is 0 Å². The van der Waals surface area contributed by atoms with Crippen LogP contribution < -0.4 is 0 Å². The van der Waals surface area contributed by atoms with E-state index >= 15 is 0 Å². The molecule has 2 aliphatic rings. The molecule has 5 aromatic carbocycles. The number of hydrogen-bond donors (Lipinski definition) is 0. The molecule has 2 aliphatic carbocycles. The minimum Gasteiger partial charge on any atom is -0.208 e. The first-order chi connectivity index (χ1) is 26.9. The molecule has 0 atom stereocenters. The van der Waals surface area contributed by atoms with Crippen molar-refractivity contribution < 1.29 is 20.6 Å². The van der Waals surface area contributed by atoms with Gasteiger partial charge in [-0.25, -0.2) is 15.0 Å². The third-order valence-corrected chi connectivity index (χ3v) is 7.43. The van der Waals surface area contributed by atoms with Crippen molar-refractivity contribution in [2.24, 2.45) is 0 Å². The fourth-order valence-corrected chi connectivity index (χ4v) is 5.46. The first-order valence-corrected chi connectivity index (χ1v) is 13.6. The number of aromatic nitrogens is 3. The zero-order valence-electron chi connectivity index (χ0n) is 37.2. The number of fused-ring (bicyclic) bond motifs is 5. The third-order valence-electron chi connectivity index (χ3n) is 7.43. The molecule has 0 N–H and O–H groups in total. The van der Waals surface area contributed by atoms with Crippen molar-refractivity contribution in [3.8, 4) is 56.4 Å². The van der Waals surface area contributed by atoms with Crippen molar-refractivity contribution in [1.82, 2.24) is 15.0 Å². The second-order valence-corrected chi connectivity index (χ2v) is 10.00. The van der Waals surface area contributed by atoms with Crippen molar-refractivity contribution in [3.05, 3.63) is 138 Å². The van der Waals surface area contributed by atoms with Crippen LogP contribution in [0.4, 0.5) is 0 Å². The Morgan fingerprint density at radius 2 is 1.07 bits per heavy atom. The van der Waals surface area contributed by atoms with Crippen LogP contribution in [-0.4, -0.2) is 15.0 Å². The molecule has 0 unspecified atom stereocenters. The summed E-state index contributed by atoms with van der Waals surface area (Å²) in [6.45, 7) is 0. The van der Waals surface area contributed by atoms with E-state index in [2.05, 4.69) is 15.0 Å². The van der Waals surface area contributed by atoms with Gasteiger partial charge in [-0.15, -0.1) is 0 Å². The third kappa shape index (κ3) is 4.16. The van der Waals surface area contributed by atoms with Gasteiger partial charge in [-0.3, -0.25) is 0 Å². The van der Waals surface area contributed by atoms with Crippen LogP contribution in [-0.2, 0) is 5.41 Å². The van der Waals surface area contributed by atoms with Gasteiger partial charge in [0.1, 0.15) is 0 Å². The van der Waals surface area contributed by atoms with Crippen LogP contribution in [0.25, 0.3) is 56.4 Å². The maximum atomic E-state index is 9.76. The van der Waals surface area contributed by atoms with Gasteiger partial charge in [0.05, 0.1) is 15.1 Å². The molecule has 3 heteroatoms. The van der Waals surface area contributed by atoms with Gasteiger partial charge in [-0.05, 0) is 58.2 Å². The molecule has 42 heavy (non-hydrogen) atoms. The maximum Gasteiger partial charge on any atom is 0.164 e. The van der Waals surface area contributed by atoms with E-state index in [1.165, 1.54) is 0 Å². The lowest BCUT2D eigenvalue weighted by molar-refractivity contribution is 0.353. The molecule has 1 aromatic heterocycles. The molecule has 6 aromatic rings. The SMILES string of the molecule is [2H]c1c([2H])c(-c2nc(-c3ccccc3)nc(-c3ccccc3)n2)c([2H])c(-c2c([2H])c([2H])c3c(c2[2H])C2(c4c([2H])c([2H])c([2H])c([2H])c4-3)C([2H])([2H])CCCC2([2H])[2H])c1[2H]. The highest BCUT2D eigenvalue weighted by Gasteiger charge is 2.43. The van der Waals surface area contributed by atoms with Crippen LogP contribution in [0.2, 0.25) is 0 Å². The van der Waals surface area contributed by atoms with Crippen LogP contribution >= 0.6 is 0 Å². The highest BCUT2D eigenvalue weighted by atomic mass is 15.0. The van der Waals surface area contributed by atoms with Gasteiger partial charge in [0, 0.05) is 27.6 Å². The molecule has 0 bridgehead atoms. The molecule has 1 heterocycles. The Bertz CT molecular complexity index is 2610. The monoisotopic (exact) mass is 556 g/mol. The number of benzene rings is 5. The molecule has 3 nitrogen and oxygen atoms in total. The second-order valence-electron chi connectivity index (χ2n) is 10.00. The summed E-state index contributed by atoms with van der Waals surface area (Å²) < 4.78 is 137. The molecule has 0 saturated heterocycles. The van der Waals surface area contributed by atoms with E-state index in [0.717, 1.165) is 0 Å². The predicted molar refractivity (Wildman–Crippen MR) is 171 cm³/mol. The molecule has 1 saturated carbocycles. The first kappa shape index (κ1) is 13.8. The lowest BCUT2D eigenvalue weighted by atomic mass is 9.67. The van der Waals surface area contributed by atoms with Crippen molar-refractivity contribution >= 4 is 0 Å². The van der Waals surface area contributed by atoms with Crippen molar-refractivity contribution in [3.63, 3.8) is 0 Å². The van der Waals surface area contributed by atoms with E-state index in [4.69, 9.17) is 9.60 Å². The Morgan fingerprint density at radius 3 is 1.76 bits per heavy atom. The summed E-state index contributed by atoms with van der Waals surface area (Å²) in [5.74, 6) is 0.0947. The topological polar surface area (TPSA) is 38.7 Å². The van der Waals surface area contributed by atoms with Crippen LogP contribution in [0.15, 0.2) is 127 Å². The van der Waals surface area contributed by atoms with Gasteiger partial charge in [-0.1, -0.05) is 134 Å². The smallest absolute Gasteiger partial charge is 0.164 e. The van der Waals surface area contributed by atoms with Crippen LogP contribution in [0.3, 0.4) is 0 Å². The van der Waals surface area contributed by atoms with E-state index < -0.39 is 112 Å². The van der Waals surface area contributed by atoms with Gasteiger partial charge in [-0.2, -0.15) is 0 Å². The molecule has 202 valence electrons. The average molecular weight is 557 g/mol. The molecular weight excluding hydrogens is 510 g/mol. The molecule has 8 rings (SSSR count). The Morgan fingerprint density at radius 1 is 0.500 bits per heavy atom. The molecule has 0 radical (unpaired) electrons. The van der Waals surface area contributed by atoms with E-state index in [1.54, 1.807) is 60.7 Å². The average Bonchev–Trinajstić information content (AvgIpc) is 3.54. The Kier molecular flexibility index (Phi) is 3.36. The van der Waals surface area contributed by atoms with Crippen LogP contribution in [0.1, 0.15) is 63.7 Å². The van der Waals surface area contributed by atoms with E-state index in [9.17, 15) is 11.0 Å². The molecular formula is C39H31N3. The summed E-state index contributed by atoms with van der Waals surface area (Å²) in [5, 5.41) is 0. The van der Waals surface area contributed by atoms with E-state index in [1.807, 2.05) is 0 Å². The molecule has 0 aliphatic heterocycles. The maximum absolute atomic E-state index is 9.76.